The highest BCUT2D eigenvalue weighted by molar-refractivity contribution is 5.89. The van der Waals surface area contributed by atoms with E-state index < -0.39 is 5.97 Å². The maximum atomic E-state index is 10.8. The fourth-order valence-electron chi connectivity index (χ4n) is 1.28. The molecule has 0 fully saturated rings. The van der Waals surface area contributed by atoms with Gasteiger partial charge in [-0.2, -0.15) is 0 Å². The Balaban J connectivity index is 2.53. The summed E-state index contributed by atoms with van der Waals surface area (Å²) >= 11 is 0. The van der Waals surface area contributed by atoms with Crippen molar-refractivity contribution in [2.75, 3.05) is 6.61 Å². The Bertz CT molecular complexity index is 369. The number of hydrogen-bond donors (Lipinski definition) is 0. The van der Waals surface area contributed by atoms with Crippen molar-refractivity contribution in [3.8, 4) is 5.75 Å². The highest BCUT2D eigenvalue weighted by atomic mass is 16.5. The maximum Gasteiger partial charge on any atom is 0.128 e. The minimum Gasteiger partial charge on any atom is -0.545 e. The van der Waals surface area contributed by atoms with Gasteiger partial charge in [-0.25, -0.2) is 0 Å². The molecule has 0 saturated heterocycles. The zero-order valence-electron chi connectivity index (χ0n) is 9.31. The van der Waals surface area contributed by atoms with Gasteiger partial charge in [0.15, 0.2) is 0 Å². The summed E-state index contributed by atoms with van der Waals surface area (Å²) in [7, 11) is 0. The number of ether oxygens (including phenoxy) is 1. The Morgan fingerprint density at radius 3 is 2.81 bits per heavy atom. The van der Waals surface area contributed by atoms with Gasteiger partial charge in [-0.15, -0.1) is 0 Å². The van der Waals surface area contributed by atoms with Crippen LogP contribution in [0.3, 0.4) is 0 Å². The molecule has 0 radical (unpaired) electrons. The van der Waals surface area contributed by atoms with Crippen molar-refractivity contribution in [2.45, 2.75) is 19.8 Å². The van der Waals surface area contributed by atoms with Crippen LogP contribution in [-0.4, -0.2) is 12.6 Å². The van der Waals surface area contributed by atoms with E-state index in [0.717, 1.165) is 12.8 Å². The molecule has 1 aromatic carbocycles. The standard InChI is InChI=1S/C13H16O3/c1-2-3-4-7-10-16-12-9-6-5-8-11(12)13(14)15/h3-6,8-9H,2,7,10H2,1H3,(H,14,15)/p-1/b4-3+. The largest absolute Gasteiger partial charge is 0.545 e. The van der Waals surface area contributed by atoms with Gasteiger partial charge in [-0.1, -0.05) is 31.2 Å². The average molecular weight is 219 g/mol. The minimum absolute atomic E-state index is 0.0990. The number of rotatable bonds is 6. The summed E-state index contributed by atoms with van der Waals surface area (Å²) in [6, 6.07) is 6.50. The molecule has 0 atom stereocenters. The summed E-state index contributed by atoms with van der Waals surface area (Å²) in [5.41, 5.74) is 0.0990. The molecule has 0 aliphatic heterocycles. The first-order valence-corrected chi connectivity index (χ1v) is 5.34. The number of carboxylic acid groups (broad SMARTS) is 1. The second kappa shape index (κ2) is 6.67. The summed E-state index contributed by atoms with van der Waals surface area (Å²) in [5.74, 6) is -0.841. The lowest BCUT2D eigenvalue weighted by Gasteiger charge is -2.10. The Hall–Kier alpha value is -1.77. The lowest BCUT2D eigenvalue weighted by Crippen LogP contribution is -2.23. The van der Waals surface area contributed by atoms with E-state index in [0.29, 0.717) is 12.4 Å². The lowest BCUT2D eigenvalue weighted by molar-refractivity contribution is -0.255. The normalized spacial score (nSPS) is 10.6. The highest BCUT2D eigenvalue weighted by Crippen LogP contribution is 2.17. The SMILES string of the molecule is CC/C=C/CCOc1ccccc1C(=O)[O-]. The molecule has 1 aromatic rings. The summed E-state index contributed by atoms with van der Waals surface area (Å²) in [6.45, 7) is 2.53. The Kier molecular flexibility index (Phi) is 5.12. The summed E-state index contributed by atoms with van der Waals surface area (Å²) in [5, 5.41) is 10.8. The quantitative estimate of drug-likeness (QED) is 0.541. The third kappa shape index (κ3) is 3.77. The molecule has 0 aliphatic carbocycles. The van der Waals surface area contributed by atoms with Gasteiger partial charge >= 0.3 is 0 Å². The van der Waals surface area contributed by atoms with Crippen LogP contribution in [0.1, 0.15) is 30.1 Å². The Morgan fingerprint density at radius 2 is 2.12 bits per heavy atom. The van der Waals surface area contributed by atoms with Gasteiger partial charge in [0.1, 0.15) is 5.75 Å². The number of carbonyl (C=O) groups is 1. The van der Waals surface area contributed by atoms with Crippen molar-refractivity contribution < 1.29 is 14.6 Å². The molecule has 16 heavy (non-hydrogen) atoms. The summed E-state index contributed by atoms with van der Waals surface area (Å²) < 4.78 is 5.37. The summed E-state index contributed by atoms with van der Waals surface area (Å²) in [4.78, 5) is 10.8. The molecule has 1 rings (SSSR count). The van der Waals surface area contributed by atoms with Crippen LogP contribution in [0.5, 0.6) is 5.75 Å². The molecule has 0 spiro atoms. The van der Waals surface area contributed by atoms with Crippen LogP contribution >= 0.6 is 0 Å². The zero-order valence-corrected chi connectivity index (χ0v) is 9.31. The van der Waals surface area contributed by atoms with Gasteiger partial charge in [0, 0.05) is 5.56 Å². The fourth-order valence-corrected chi connectivity index (χ4v) is 1.28. The molecule has 3 nitrogen and oxygen atoms in total. The van der Waals surface area contributed by atoms with Gasteiger partial charge in [0.2, 0.25) is 0 Å². The van der Waals surface area contributed by atoms with Gasteiger partial charge in [0.05, 0.1) is 12.6 Å². The van der Waals surface area contributed by atoms with Crippen molar-refractivity contribution in [3.63, 3.8) is 0 Å². The molecule has 0 bridgehead atoms. The minimum atomic E-state index is -1.21. The van der Waals surface area contributed by atoms with Crippen molar-refractivity contribution in [2.24, 2.45) is 0 Å². The molecular formula is C13H15O3-. The molecule has 0 amide bonds. The lowest BCUT2D eigenvalue weighted by atomic mass is 10.2. The molecule has 0 heterocycles. The van der Waals surface area contributed by atoms with Crippen LogP contribution in [0, 0.1) is 0 Å². The number of allylic oxidation sites excluding steroid dienone is 1. The van der Waals surface area contributed by atoms with Crippen LogP contribution in [0.2, 0.25) is 0 Å². The van der Waals surface area contributed by atoms with E-state index in [4.69, 9.17) is 4.74 Å². The smallest absolute Gasteiger partial charge is 0.128 e. The monoisotopic (exact) mass is 219 g/mol. The first-order chi connectivity index (χ1) is 7.75. The van der Waals surface area contributed by atoms with Crippen LogP contribution in [0.15, 0.2) is 36.4 Å². The van der Waals surface area contributed by atoms with E-state index in [2.05, 4.69) is 6.92 Å². The third-order valence-corrected chi connectivity index (χ3v) is 2.05. The number of carboxylic acids is 1. The van der Waals surface area contributed by atoms with Crippen molar-refractivity contribution in [1.29, 1.82) is 0 Å². The number of hydrogen-bond acceptors (Lipinski definition) is 3. The summed E-state index contributed by atoms with van der Waals surface area (Å²) in [6.07, 6.45) is 5.83. The van der Waals surface area contributed by atoms with Crippen LogP contribution < -0.4 is 9.84 Å². The van der Waals surface area contributed by atoms with E-state index in [-0.39, 0.29) is 5.56 Å². The van der Waals surface area contributed by atoms with E-state index in [1.54, 1.807) is 18.2 Å². The van der Waals surface area contributed by atoms with Crippen molar-refractivity contribution >= 4 is 5.97 Å². The average Bonchev–Trinajstić information content (AvgIpc) is 2.29. The van der Waals surface area contributed by atoms with Crippen LogP contribution in [-0.2, 0) is 0 Å². The van der Waals surface area contributed by atoms with E-state index in [1.165, 1.54) is 6.07 Å². The first kappa shape index (κ1) is 12.3. The predicted octanol–water partition coefficient (Wildman–Crippen LogP) is 1.79. The van der Waals surface area contributed by atoms with Crippen LogP contribution in [0.25, 0.3) is 0 Å². The second-order valence-corrected chi connectivity index (χ2v) is 3.30. The van der Waals surface area contributed by atoms with Crippen molar-refractivity contribution in [1.82, 2.24) is 0 Å². The van der Waals surface area contributed by atoms with Gasteiger partial charge < -0.3 is 14.6 Å². The number of benzene rings is 1. The highest BCUT2D eigenvalue weighted by Gasteiger charge is 2.02. The predicted molar refractivity (Wildman–Crippen MR) is 60.3 cm³/mol. The van der Waals surface area contributed by atoms with Crippen molar-refractivity contribution in [3.05, 3.63) is 42.0 Å². The van der Waals surface area contributed by atoms with Gasteiger partial charge in [-0.3, -0.25) is 0 Å². The van der Waals surface area contributed by atoms with E-state index in [9.17, 15) is 9.90 Å². The first-order valence-electron chi connectivity index (χ1n) is 5.34. The number of carbonyl (C=O) groups excluding carboxylic acids is 1. The molecular weight excluding hydrogens is 204 g/mol. The zero-order chi connectivity index (χ0) is 11.8. The maximum absolute atomic E-state index is 10.8. The Morgan fingerprint density at radius 1 is 1.38 bits per heavy atom. The topological polar surface area (TPSA) is 49.4 Å². The molecule has 0 unspecified atom stereocenters. The van der Waals surface area contributed by atoms with E-state index >= 15 is 0 Å². The molecule has 86 valence electrons. The van der Waals surface area contributed by atoms with Gasteiger partial charge in [-0.05, 0) is 25.0 Å². The van der Waals surface area contributed by atoms with Crippen LogP contribution in [0.4, 0.5) is 0 Å². The number of para-hydroxylation sites is 1. The fraction of sp³-hybridized carbons (Fsp3) is 0.308. The second-order valence-electron chi connectivity index (χ2n) is 3.30. The Labute approximate surface area is 95.4 Å². The molecule has 0 saturated carbocycles. The third-order valence-electron chi connectivity index (χ3n) is 2.05. The molecule has 3 heteroatoms. The number of aromatic carboxylic acids is 1. The van der Waals surface area contributed by atoms with E-state index in [1.807, 2.05) is 12.2 Å². The van der Waals surface area contributed by atoms with Gasteiger partial charge in [0.25, 0.3) is 0 Å². The molecule has 0 aliphatic rings. The molecule has 0 N–H and O–H groups in total. The molecule has 0 aromatic heterocycles.